The molecular weight excluding hydrogens is 347 g/mol. The number of imidazole rings is 1. The summed E-state index contributed by atoms with van der Waals surface area (Å²) in [4.78, 5) is 23.6. The molecule has 0 aliphatic carbocycles. The highest BCUT2D eigenvalue weighted by Crippen LogP contribution is 2.23. The predicted octanol–water partition coefficient (Wildman–Crippen LogP) is 3.03. The Morgan fingerprint density at radius 2 is 2.00 bits per heavy atom. The Balaban J connectivity index is 1.59. The van der Waals surface area contributed by atoms with Crippen molar-refractivity contribution in [3.8, 4) is 11.3 Å². The summed E-state index contributed by atoms with van der Waals surface area (Å²) in [6, 6.07) is 6.10. The zero-order chi connectivity index (χ0) is 18.8. The molecule has 1 aromatic carbocycles. The number of hydrogen-bond donors (Lipinski definition) is 0. The van der Waals surface area contributed by atoms with Crippen molar-refractivity contribution in [1.82, 2.24) is 19.3 Å². The van der Waals surface area contributed by atoms with Crippen molar-refractivity contribution in [1.29, 1.82) is 0 Å². The number of fused-ring (bicyclic) bond motifs is 1. The summed E-state index contributed by atoms with van der Waals surface area (Å²) in [6.45, 7) is 2.16. The van der Waals surface area contributed by atoms with E-state index in [1.165, 1.54) is 12.1 Å². The molecule has 0 spiro atoms. The fourth-order valence-electron chi connectivity index (χ4n) is 3.53. The number of amides is 1. The molecule has 140 valence electrons. The molecule has 0 radical (unpaired) electrons. The van der Waals surface area contributed by atoms with Gasteiger partial charge in [0.2, 0.25) is 0 Å². The maximum atomic E-state index is 13.2. The highest BCUT2D eigenvalue weighted by atomic mass is 19.1. The minimum atomic E-state index is -0.304. The first-order valence-corrected chi connectivity index (χ1v) is 9.03. The molecule has 3 heterocycles. The molecule has 1 fully saturated rings. The SMILES string of the molecule is COCC1CCN(C(=O)c2cn3ccnc(-c4ccc(F)cc4)c3n2)CC1. The maximum absolute atomic E-state index is 13.2. The van der Waals surface area contributed by atoms with E-state index in [2.05, 4.69) is 9.97 Å². The van der Waals surface area contributed by atoms with Gasteiger partial charge >= 0.3 is 0 Å². The fourth-order valence-corrected chi connectivity index (χ4v) is 3.53. The van der Waals surface area contributed by atoms with Crippen LogP contribution >= 0.6 is 0 Å². The number of carbonyl (C=O) groups is 1. The van der Waals surface area contributed by atoms with Crippen molar-refractivity contribution in [3.63, 3.8) is 0 Å². The van der Waals surface area contributed by atoms with Crippen LogP contribution in [0.1, 0.15) is 23.3 Å². The third kappa shape index (κ3) is 3.55. The minimum absolute atomic E-state index is 0.0698. The smallest absolute Gasteiger partial charge is 0.274 e. The lowest BCUT2D eigenvalue weighted by atomic mass is 9.97. The first-order valence-electron chi connectivity index (χ1n) is 9.03. The van der Waals surface area contributed by atoms with E-state index in [1.54, 1.807) is 42.2 Å². The summed E-state index contributed by atoms with van der Waals surface area (Å²) in [7, 11) is 1.71. The number of piperidine rings is 1. The molecular formula is C20H21FN4O2. The number of aromatic nitrogens is 3. The van der Waals surface area contributed by atoms with Crippen LogP contribution in [0, 0.1) is 11.7 Å². The molecule has 0 N–H and O–H groups in total. The summed E-state index contributed by atoms with van der Waals surface area (Å²) in [6.07, 6.45) is 7.02. The van der Waals surface area contributed by atoms with Gasteiger partial charge in [-0.1, -0.05) is 0 Å². The molecule has 6 nitrogen and oxygen atoms in total. The summed E-state index contributed by atoms with van der Waals surface area (Å²) in [5.41, 5.74) is 2.36. The molecule has 1 aliphatic rings. The Bertz CT molecular complexity index is 946. The number of halogens is 1. The van der Waals surface area contributed by atoms with Crippen molar-refractivity contribution < 1.29 is 13.9 Å². The Labute approximate surface area is 156 Å². The molecule has 0 atom stereocenters. The standard InChI is InChI=1S/C20H21FN4O2/c1-27-13-14-6-9-24(10-7-14)20(26)17-12-25-11-8-22-18(19(25)23-17)15-2-4-16(21)5-3-15/h2-5,8,11-12,14H,6-7,9-10,13H2,1H3. The van der Waals surface area contributed by atoms with Gasteiger partial charge in [-0.05, 0) is 43.0 Å². The molecule has 2 aromatic heterocycles. The van der Waals surface area contributed by atoms with Crippen molar-refractivity contribution in [2.75, 3.05) is 26.8 Å². The molecule has 3 aromatic rings. The van der Waals surface area contributed by atoms with Crippen molar-refractivity contribution in [2.24, 2.45) is 5.92 Å². The summed E-state index contributed by atoms with van der Waals surface area (Å²) in [5.74, 6) is 0.135. The third-order valence-corrected chi connectivity index (χ3v) is 5.02. The average molecular weight is 368 g/mol. The zero-order valence-corrected chi connectivity index (χ0v) is 15.1. The zero-order valence-electron chi connectivity index (χ0n) is 15.1. The van der Waals surface area contributed by atoms with Gasteiger partial charge in [-0.3, -0.25) is 9.78 Å². The Hall–Kier alpha value is -2.80. The van der Waals surface area contributed by atoms with Crippen molar-refractivity contribution in [3.05, 3.63) is 54.4 Å². The van der Waals surface area contributed by atoms with E-state index in [4.69, 9.17) is 4.74 Å². The van der Waals surface area contributed by atoms with Crippen LogP contribution in [0.4, 0.5) is 4.39 Å². The van der Waals surface area contributed by atoms with E-state index in [1.807, 2.05) is 4.90 Å². The van der Waals surface area contributed by atoms with E-state index >= 15 is 0 Å². The Kier molecular flexibility index (Phi) is 4.85. The van der Waals surface area contributed by atoms with Gasteiger partial charge < -0.3 is 14.0 Å². The monoisotopic (exact) mass is 368 g/mol. The molecule has 27 heavy (non-hydrogen) atoms. The second kappa shape index (κ2) is 7.44. The second-order valence-corrected chi connectivity index (χ2v) is 6.83. The summed E-state index contributed by atoms with van der Waals surface area (Å²) in [5, 5.41) is 0. The number of methoxy groups -OCH3 is 1. The van der Waals surface area contributed by atoms with Gasteiger partial charge in [0.15, 0.2) is 5.65 Å². The van der Waals surface area contributed by atoms with Crippen LogP contribution in [-0.4, -0.2) is 52.0 Å². The topological polar surface area (TPSA) is 59.7 Å². The van der Waals surface area contributed by atoms with Gasteiger partial charge in [-0.25, -0.2) is 9.37 Å². The van der Waals surface area contributed by atoms with Gasteiger partial charge in [0.1, 0.15) is 17.2 Å². The summed E-state index contributed by atoms with van der Waals surface area (Å²) >= 11 is 0. The molecule has 1 amide bonds. The second-order valence-electron chi connectivity index (χ2n) is 6.83. The van der Waals surface area contributed by atoms with E-state index in [9.17, 15) is 9.18 Å². The molecule has 0 unspecified atom stereocenters. The Morgan fingerprint density at radius 3 is 2.70 bits per heavy atom. The maximum Gasteiger partial charge on any atom is 0.274 e. The van der Waals surface area contributed by atoms with E-state index in [-0.39, 0.29) is 11.7 Å². The van der Waals surface area contributed by atoms with Crippen LogP contribution < -0.4 is 0 Å². The molecule has 7 heteroatoms. The number of benzene rings is 1. The average Bonchev–Trinajstić information content (AvgIpc) is 3.13. The summed E-state index contributed by atoms with van der Waals surface area (Å²) < 4.78 is 20.2. The van der Waals surface area contributed by atoms with Gasteiger partial charge in [0.25, 0.3) is 5.91 Å². The molecule has 1 saturated heterocycles. The van der Waals surface area contributed by atoms with Crippen LogP contribution in [0.25, 0.3) is 16.9 Å². The fraction of sp³-hybridized carbons (Fsp3) is 0.350. The van der Waals surface area contributed by atoms with Crippen LogP contribution in [0.3, 0.4) is 0 Å². The lowest BCUT2D eigenvalue weighted by Crippen LogP contribution is -2.39. The minimum Gasteiger partial charge on any atom is -0.384 e. The van der Waals surface area contributed by atoms with Gasteiger partial charge in [0, 0.05) is 51.0 Å². The van der Waals surface area contributed by atoms with Gasteiger partial charge in [-0.2, -0.15) is 0 Å². The number of carbonyl (C=O) groups excluding carboxylic acids is 1. The van der Waals surface area contributed by atoms with E-state index in [0.717, 1.165) is 25.0 Å². The Morgan fingerprint density at radius 1 is 1.26 bits per heavy atom. The number of ether oxygens (including phenoxy) is 1. The van der Waals surface area contributed by atoms with Crippen LogP contribution in [0.2, 0.25) is 0 Å². The largest absolute Gasteiger partial charge is 0.384 e. The highest BCUT2D eigenvalue weighted by Gasteiger charge is 2.25. The lowest BCUT2D eigenvalue weighted by molar-refractivity contribution is 0.0609. The molecule has 4 rings (SSSR count). The van der Waals surface area contributed by atoms with Crippen LogP contribution in [-0.2, 0) is 4.74 Å². The quantitative estimate of drug-likeness (QED) is 0.710. The van der Waals surface area contributed by atoms with Gasteiger partial charge in [0.05, 0.1) is 0 Å². The lowest BCUT2D eigenvalue weighted by Gasteiger charge is -2.31. The van der Waals surface area contributed by atoms with Crippen LogP contribution in [0.15, 0.2) is 42.9 Å². The molecule has 0 saturated carbocycles. The van der Waals surface area contributed by atoms with E-state index < -0.39 is 0 Å². The third-order valence-electron chi connectivity index (χ3n) is 5.02. The van der Waals surface area contributed by atoms with Crippen molar-refractivity contribution >= 4 is 11.6 Å². The van der Waals surface area contributed by atoms with E-state index in [0.29, 0.717) is 36.0 Å². The number of rotatable bonds is 4. The number of likely N-dealkylation sites (tertiary alicyclic amines) is 1. The predicted molar refractivity (Wildman–Crippen MR) is 98.9 cm³/mol. The van der Waals surface area contributed by atoms with Gasteiger partial charge in [-0.15, -0.1) is 0 Å². The highest BCUT2D eigenvalue weighted by molar-refractivity contribution is 5.93. The molecule has 1 aliphatic heterocycles. The normalized spacial score (nSPS) is 15.4. The van der Waals surface area contributed by atoms with Crippen LogP contribution in [0.5, 0.6) is 0 Å². The first kappa shape index (κ1) is 17.6. The number of hydrogen-bond acceptors (Lipinski definition) is 4. The van der Waals surface area contributed by atoms with Crippen molar-refractivity contribution in [2.45, 2.75) is 12.8 Å². The number of nitrogens with zero attached hydrogens (tertiary/aromatic N) is 4. The first-order chi connectivity index (χ1) is 13.2. The molecule has 0 bridgehead atoms.